The van der Waals surface area contributed by atoms with E-state index in [2.05, 4.69) is 15.2 Å². The van der Waals surface area contributed by atoms with Crippen LogP contribution in [-0.4, -0.2) is 27.3 Å². The SMILES string of the molecule is O=[N+]([O-])c1ccc(N2C3C4CCC(C4)C32)c2nonc12. The van der Waals surface area contributed by atoms with Gasteiger partial charge in [-0.05, 0) is 47.5 Å². The number of nitrogens with zero attached hydrogens (tertiary/aromatic N) is 4. The van der Waals surface area contributed by atoms with Crippen LogP contribution in [0.25, 0.3) is 11.0 Å². The number of rotatable bonds is 2. The van der Waals surface area contributed by atoms with Gasteiger partial charge >= 0.3 is 5.69 Å². The minimum atomic E-state index is -0.441. The van der Waals surface area contributed by atoms with Crippen LogP contribution in [0.15, 0.2) is 16.8 Å². The van der Waals surface area contributed by atoms with Crippen molar-refractivity contribution in [2.75, 3.05) is 4.90 Å². The summed E-state index contributed by atoms with van der Waals surface area (Å²) < 4.78 is 4.73. The molecule has 4 atom stereocenters. The van der Waals surface area contributed by atoms with Gasteiger partial charge in [-0.15, -0.1) is 0 Å². The van der Waals surface area contributed by atoms with E-state index in [0.717, 1.165) is 17.5 Å². The Morgan fingerprint density at radius 3 is 2.60 bits per heavy atom. The number of hydrogen-bond donors (Lipinski definition) is 0. The lowest BCUT2D eigenvalue weighted by Crippen LogP contribution is -2.11. The van der Waals surface area contributed by atoms with Gasteiger partial charge in [0, 0.05) is 6.07 Å². The van der Waals surface area contributed by atoms with E-state index >= 15 is 0 Å². The molecular formula is C13H12N4O3. The molecule has 1 saturated heterocycles. The third-order valence-electron chi connectivity index (χ3n) is 5.23. The Bertz CT molecular complexity index is 726. The van der Waals surface area contributed by atoms with Gasteiger partial charge in [-0.2, -0.15) is 0 Å². The maximum Gasteiger partial charge on any atom is 0.300 e. The summed E-state index contributed by atoms with van der Waals surface area (Å²) in [6.07, 6.45) is 3.98. The highest BCUT2D eigenvalue weighted by atomic mass is 16.6. The number of benzene rings is 1. The fourth-order valence-corrected chi connectivity index (χ4v) is 4.47. The smallest absolute Gasteiger partial charge is 0.300 e. The van der Waals surface area contributed by atoms with Crippen LogP contribution >= 0.6 is 0 Å². The van der Waals surface area contributed by atoms with Gasteiger partial charge in [0.1, 0.15) is 0 Å². The molecule has 5 rings (SSSR count). The fourth-order valence-electron chi connectivity index (χ4n) is 4.47. The zero-order valence-corrected chi connectivity index (χ0v) is 10.6. The minimum Gasteiger partial charge on any atom is -0.359 e. The lowest BCUT2D eigenvalue weighted by molar-refractivity contribution is -0.383. The van der Waals surface area contributed by atoms with E-state index in [0.29, 0.717) is 17.6 Å². The van der Waals surface area contributed by atoms with Crippen molar-refractivity contribution in [3.8, 4) is 0 Å². The molecule has 2 aliphatic carbocycles. The van der Waals surface area contributed by atoms with Crippen LogP contribution in [0, 0.1) is 22.0 Å². The molecule has 0 radical (unpaired) electrons. The van der Waals surface area contributed by atoms with Crippen LogP contribution in [0.4, 0.5) is 11.4 Å². The Balaban J connectivity index is 1.63. The maximum atomic E-state index is 11.0. The minimum absolute atomic E-state index is 0.0417. The summed E-state index contributed by atoms with van der Waals surface area (Å²) in [6, 6.07) is 4.52. The van der Waals surface area contributed by atoms with Gasteiger partial charge in [-0.3, -0.25) is 10.1 Å². The molecule has 2 aromatic rings. The monoisotopic (exact) mass is 272 g/mol. The molecule has 2 heterocycles. The normalized spacial score (nSPS) is 33.7. The van der Waals surface area contributed by atoms with E-state index in [1.165, 1.54) is 25.3 Å². The summed E-state index contributed by atoms with van der Waals surface area (Å²) in [4.78, 5) is 12.9. The van der Waals surface area contributed by atoms with Crippen LogP contribution < -0.4 is 4.90 Å². The van der Waals surface area contributed by atoms with Crippen molar-refractivity contribution in [3.05, 3.63) is 22.2 Å². The first-order valence-corrected chi connectivity index (χ1v) is 6.93. The second-order valence-corrected chi connectivity index (χ2v) is 6.04. The topological polar surface area (TPSA) is 85.1 Å². The molecule has 7 nitrogen and oxygen atoms in total. The Hall–Kier alpha value is -2.18. The molecule has 4 unspecified atom stereocenters. The molecule has 20 heavy (non-hydrogen) atoms. The molecule has 2 saturated carbocycles. The summed E-state index contributed by atoms with van der Waals surface area (Å²) >= 11 is 0. The van der Waals surface area contributed by atoms with E-state index in [1.54, 1.807) is 6.07 Å². The lowest BCUT2D eigenvalue weighted by atomic mass is 10.0. The molecule has 3 aliphatic rings. The van der Waals surface area contributed by atoms with Gasteiger partial charge in [0.15, 0.2) is 5.52 Å². The summed E-state index contributed by atoms with van der Waals surface area (Å²) in [6.45, 7) is 0. The number of non-ortho nitro benzene ring substituents is 1. The van der Waals surface area contributed by atoms with E-state index in [9.17, 15) is 10.1 Å². The van der Waals surface area contributed by atoms with Gasteiger partial charge < -0.3 is 4.90 Å². The second kappa shape index (κ2) is 3.28. The molecule has 3 fully saturated rings. The lowest BCUT2D eigenvalue weighted by Gasteiger charge is -2.13. The quantitative estimate of drug-likeness (QED) is 0.473. The van der Waals surface area contributed by atoms with Gasteiger partial charge in [-0.25, -0.2) is 4.63 Å². The molecule has 0 amide bonds. The van der Waals surface area contributed by atoms with Gasteiger partial charge in [0.25, 0.3) is 0 Å². The van der Waals surface area contributed by atoms with Crippen molar-refractivity contribution in [2.24, 2.45) is 11.8 Å². The summed E-state index contributed by atoms with van der Waals surface area (Å²) in [5.41, 5.74) is 1.68. The molecule has 1 aromatic carbocycles. The average Bonchev–Trinajstić information content (AvgIpc) is 2.86. The Morgan fingerprint density at radius 1 is 1.20 bits per heavy atom. The number of nitro groups is 1. The maximum absolute atomic E-state index is 11.0. The fraction of sp³-hybridized carbons (Fsp3) is 0.538. The predicted octanol–water partition coefficient (Wildman–Crippen LogP) is 2.12. The third kappa shape index (κ3) is 1.12. The van der Waals surface area contributed by atoms with E-state index in [1.807, 2.05) is 0 Å². The van der Waals surface area contributed by atoms with Crippen molar-refractivity contribution < 1.29 is 9.55 Å². The summed E-state index contributed by atoms with van der Waals surface area (Å²) in [5.74, 6) is 1.57. The van der Waals surface area contributed by atoms with Crippen molar-refractivity contribution in [1.82, 2.24) is 10.3 Å². The Kier molecular flexibility index (Phi) is 1.74. The van der Waals surface area contributed by atoms with E-state index < -0.39 is 4.92 Å². The largest absolute Gasteiger partial charge is 0.359 e. The molecule has 7 heteroatoms. The Morgan fingerprint density at radius 2 is 1.90 bits per heavy atom. The molecule has 1 aromatic heterocycles. The van der Waals surface area contributed by atoms with Gasteiger partial charge in [-0.1, -0.05) is 0 Å². The highest BCUT2D eigenvalue weighted by Gasteiger charge is 2.64. The zero-order valence-electron chi connectivity index (χ0n) is 10.6. The summed E-state index contributed by atoms with van der Waals surface area (Å²) in [5, 5.41) is 18.6. The highest BCUT2D eigenvalue weighted by molar-refractivity contribution is 5.95. The molecular weight excluding hydrogens is 260 g/mol. The summed E-state index contributed by atoms with van der Waals surface area (Å²) in [7, 11) is 0. The predicted molar refractivity (Wildman–Crippen MR) is 69.3 cm³/mol. The van der Waals surface area contributed by atoms with Crippen molar-refractivity contribution in [2.45, 2.75) is 31.3 Å². The third-order valence-corrected chi connectivity index (χ3v) is 5.23. The number of aromatic nitrogens is 2. The van der Waals surface area contributed by atoms with Gasteiger partial charge in [0.2, 0.25) is 5.52 Å². The number of nitro benzene ring substituents is 1. The first-order chi connectivity index (χ1) is 9.75. The molecule has 0 spiro atoms. The number of fused-ring (bicyclic) bond motifs is 6. The van der Waals surface area contributed by atoms with Crippen molar-refractivity contribution >= 4 is 22.4 Å². The zero-order chi connectivity index (χ0) is 13.4. The van der Waals surface area contributed by atoms with Crippen LogP contribution in [0.2, 0.25) is 0 Å². The Labute approximate surface area is 113 Å². The van der Waals surface area contributed by atoms with Crippen LogP contribution in [0.5, 0.6) is 0 Å². The standard InChI is InChI=1S/C13H12N4O3/c18-17(19)9-4-3-8(10-11(9)15-20-14-10)16-12-6-1-2-7(5-6)13(12)16/h3-4,6-7,12-13H,1-2,5H2. The van der Waals surface area contributed by atoms with Crippen molar-refractivity contribution in [1.29, 1.82) is 0 Å². The first-order valence-electron chi connectivity index (χ1n) is 6.93. The van der Waals surface area contributed by atoms with Crippen LogP contribution in [0.1, 0.15) is 19.3 Å². The van der Waals surface area contributed by atoms with Gasteiger partial charge in [0.05, 0.1) is 22.7 Å². The van der Waals surface area contributed by atoms with Crippen molar-refractivity contribution in [3.63, 3.8) is 0 Å². The van der Waals surface area contributed by atoms with E-state index in [-0.39, 0.29) is 11.2 Å². The van der Waals surface area contributed by atoms with Crippen LogP contribution in [-0.2, 0) is 0 Å². The molecule has 0 N–H and O–H groups in total. The van der Waals surface area contributed by atoms with E-state index in [4.69, 9.17) is 4.63 Å². The molecule has 102 valence electrons. The number of piperidine rings is 1. The number of hydrogen-bond acceptors (Lipinski definition) is 6. The molecule has 2 bridgehead atoms. The average molecular weight is 272 g/mol. The highest BCUT2D eigenvalue weighted by Crippen LogP contribution is 2.60. The second-order valence-electron chi connectivity index (χ2n) is 6.04. The molecule has 1 aliphatic heterocycles. The van der Waals surface area contributed by atoms with Crippen LogP contribution in [0.3, 0.4) is 0 Å². The number of anilines is 1. The first kappa shape index (κ1) is 10.6.